The number of aryl methyl sites for hydroxylation is 3. The van der Waals surface area contributed by atoms with Gasteiger partial charge in [0, 0.05) is 21.5 Å². The fourth-order valence-electron chi connectivity index (χ4n) is 3.18. The lowest BCUT2D eigenvalue weighted by molar-refractivity contribution is -0.123. The Morgan fingerprint density at radius 3 is 2.40 bits per heavy atom. The fourth-order valence-corrected chi connectivity index (χ4v) is 4.63. The highest BCUT2D eigenvalue weighted by molar-refractivity contribution is 7.10. The first-order chi connectivity index (χ1) is 14.1. The van der Waals surface area contributed by atoms with Crippen molar-refractivity contribution in [3.05, 3.63) is 62.3 Å². The number of carbonyl (C=O) groups excluding carboxylic acids is 2. The van der Waals surface area contributed by atoms with Gasteiger partial charge in [-0.1, -0.05) is 16.6 Å². The van der Waals surface area contributed by atoms with Gasteiger partial charge in [-0.3, -0.25) is 14.5 Å². The Hall–Kier alpha value is -2.58. The van der Waals surface area contributed by atoms with E-state index >= 15 is 0 Å². The Labute approximate surface area is 185 Å². The summed E-state index contributed by atoms with van der Waals surface area (Å²) in [5, 5.41) is 10.6. The molecule has 2 heterocycles. The van der Waals surface area contributed by atoms with Crippen molar-refractivity contribution in [2.24, 2.45) is 0 Å². The van der Waals surface area contributed by atoms with Crippen LogP contribution in [0.4, 0.5) is 5.69 Å². The van der Waals surface area contributed by atoms with Crippen LogP contribution in [-0.4, -0.2) is 26.9 Å². The van der Waals surface area contributed by atoms with Crippen LogP contribution in [0.3, 0.4) is 0 Å². The predicted molar refractivity (Wildman–Crippen MR) is 122 cm³/mol. The Morgan fingerprint density at radius 1 is 1.10 bits per heavy atom. The normalized spacial score (nSPS) is 12.5. The number of thiophene rings is 1. The molecular formula is C22H26N4O2S2. The van der Waals surface area contributed by atoms with Gasteiger partial charge in [-0.25, -0.2) is 0 Å². The second-order valence-corrected chi connectivity index (χ2v) is 9.92. The molecule has 0 bridgehead atoms. The van der Waals surface area contributed by atoms with E-state index in [1.165, 1.54) is 11.3 Å². The molecule has 2 amide bonds. The summed E-state index contributed by atoms with van der Waals surface area (Å²) in [5.41, 5.74) is 3.34. The van der Waals surface area contributed by atoms with E-state index in [0.29, 0.717) is 5.69 Å². The van der Waals surface area contributed by atoms with Crippen LogP contribution in [-0.2, 0) is 4.79 Å². The first-order valence-electron chi connectivity index (χ1n) is 9.62. The molecule has 0 saturated heterocycles. The molecule has 0 spiro atoms. The summed E-state index contributed by atoms with van der Waals surface area (Å²) in [7, 11) is 0. The van der Waals surface area contributed by atoms with E-state index in [1.807, 2.05) is 71.2 Å². The molecule has 3 rings (SSSR count). The Balaban J connectivity index is 2.23. The molecule has 1 atom stereocenters. The number of hydrogen-bond donors (Lipinski definition) is 1. The third-order valence-electron chi connectivity index (χ3n) is 4.58. The third kappa shape index (κ3) is 4.76. The molecule has 2 aromatic heterocycles. The van der Waals surface area contributed by atoms with Crippen LogP contribution in [0.25, 0.3) is 0 Å². The maximum atomic E-state index is 13.6. The van der Waals surface area contributed by atoms with Crippen LogP contribution >= 0.6 is 22.9 Å². The smallest absolute Gasteiger partial charge is 0.280 e. The number of carbonyl (C=O) groups is 2. The van der Waals surface area contributed by atoms with Crippen LogP contribution < -0.4 is 10.2 Å². The van der Waals surface area contributed by atoms with Crippen molar-refractivity contribution in [1.82, 2.24) is 14.9 Å². The van der Waals surface area contributed by atoms with E-state index in [2.05, 4.69) is 14.9 Å². The van der Waals surface area contributed by atoms with Crippen LogP contribution in [0.2, 0.25) is 0 Å². The summed E-state index contributed by atoms with van der Waals surface area (Å²) < 4.78 is 3.85. The summed E-state index contributed by atoms with van der Waals surface area (Å²) in [5.74, 6) is -0.579. The van der Waals surface area contributed by atoms with Crippen molar-refractivity contribution >= 4 is 40.4 Å². The van der Waals surface area contributed by atoms with E-state index in [-0.39, 0.29) is 17.5 Å². The molecule has 30 heavy (non-hydrogen) atoms. The Morgan fingerprint density at radius 2 is 1.83 bits per heavy atom. The SMILES string of the molecule is Cc1ccc(C)c(N(C(=O)c2csnn2)[C@@H](C(=O)NC(C)(C)C)c2sccc2C)c1. The molecule has 0 aliphatic rings. The molecule has 1 N–H and O–H groups in total. The van der Waals surface area contributed by atoms with E-state index in [4.69, 9.17) is 0 Å². The van der Waals surface area contributed by atoms with Gasteiger partial charge in [-0.2, -0.15) is 0 Å². The summed E-state index contributed by atoms with van der Waals surface area (Å²) in [6, 6.07) is 7.04. The number of nitrogens with one attached hydrogen (secondary N) is 1. The van der Waals surface area contributed by atoms with Gasteiger partial charge in [0.1, 0.15) is 0 Å². The lowest BCUT2D eigenvalue weighted by Gasteiger charge is -2.34. The van der Waals surface area contributed by atoms with Gasteiger partial charge < -0.3 is 5.32 Å². The molecule has 1 aromatic carbocycles. The molecule has 0 aliphatic carbocycles. The van der Waals surface area contributed by atoms with Crippen molar-refractivity contribution in [3.63, 3.8) is 0 Å². The minimum absolute atomic E-state index is 0.226. The molecule has 0 aliphatic heterocycles. The maximum absolute atomic E-state index is 13.6. The van der Waals surface area contributed by atoms with E-state index < -0.39 is 11.6 Å². The van der Waals surface area contributed by atoms with E-state index in [0.717, 1.165) is 33.1 Å². The first-order valence-corrected chi connectivity index (χ1v) is 11.3. The van der Waals surface area contributed by atoms with Crippen molar-refractivity contribution in [3.8, 4) is 0 Å². The van der Waals surface area contributed by atoms with Crippen LogP contribution in [0.15, 0.2) is 35.0 Å². The number of benzene rings is 1. The van der Waals surface area contributed by atoms with Gasteiger partial charge in [0.25, 0.3) is 5.91 Å². The van der Waals surface area contributed by atoms with Gasteiger partial charge in [-0.15, -0.1) is 16.4 Å². The highest BCUT2D eigenvalue weighted by atomic mass is 32.1. The highest BCUT2D eigenvalue weighted by Gasteiger charge is 2.37. The van der Waals surface area contributed by atoms with Crippen molar-refractivity contribution in [2.45, 2.75) is 53.1 Å². The largest absolute Gasteiger partial charge is 0.349 e. The van der Waals surface area contributed by atoms with E-state index in [1.54, 1.807) is 10.3 Å². The molecule has 3 aromatic rings. The number of aromatic nitrogens is 2. The minimum atomic E-state index is -0.820. The number of anilines is 1. The number of rotatable bonds is 5. The zero-order chi connectivity index (χ0) is 22.1. The predicted octanol–water partition coefficient (Wildman–Crippen LogP) is 4.83. The number of amides is 2. The summed E-state index contributed by atoms with van der Waals surface area (Å²) in [6.07, 6.45) is 0. The molecule has 0 radical (unpaired) electrons. The van der Waals surface area contributed by atoms with E-state index in [9.17, 15) is 9.59 Å². The zero-order valence-corrected chi connectivity index (χ0v) is 19.6. The first kappa shape index (κ1) is 22.1. The summed E-state index contributed by atoms with van der Waals surface area (Å²) >= 11 is 2.58. The molecular weight excluding hydrogens is 416 g/mol. The average Bonchev–Trinajstić information content (AvgIpc) is 3.32. The lowest BCUT2D eigenvalue weighted by Crippen LogP contribution is -2.49. The quantitative estimate of drug-likeness (QED) is 0.614. The standard InChI is InChI=1S/C22H26N4O2S2/c1-13-7-8-14(2)17(11-13)26(21(28)16-12-30-25-24-16)18(19-15(3)9-10-29-19)20(27)23-22(4,5)6/h7-12,18H,1-6H3,(H,23,27)/t18-/m1/s1. The fraction of sp³-hybridized carbons (Fsp3) is 0.364. The van der Waals surface area contributed by atoms with Gasteiger partial charge in [0.2, 0.25) is 5.91 Å². The number of hydrogen-bond acceptors (Lipinski definition) is 6. The maximum Gasteiger partial charge on any atom is 0.280 e. The van der Waals surface area contributed by atoms with Crippen LogP contribution in [0.1, 0.15) is 58.9 Å². The minimum Gasteiger partial charge on any atom is -0.349 e. The van der Waals surface area contributed by atoms with Gasteiger partial charge in [0.05, 0.1) is 0 Å². The molecule has 0 fully saturated rings. The monoisotopic (exact) mass is 442 g/mol. The lowest BCUT2D eigenvalue weighted by atomic mass is 10.0. The molecule has 158 valence electrons. The van der Waals surface area contributed by atoms with Gasteiger partial charge >= 0.3 is 0 Å². The summed E-state index contributed by atoms with van der Waals surface area (Å²) in [4.78, 5) is 29.6. The van der Waals surface area contributed by atoms with Crippen LogP contribution in [0.5, 0.6) is 0 Å². The van der Waals surface area contributed by atoms with Gasteiger partial charge in [-0.05, 0) is 87.3 Å². The van der Waals surface area contributed by atoms with Crippen molar-refractivity contribution < 1.29 is 9.59 Å². The number of nitrogens with zero attached hydrogens (tertiary/aromatic N) is 3. The topological polar surface area (TPSA) is 75.2 Å². The Kier molecular flexibility index (Phi) is 6.38. The summed E-state index contributed by atoms with van der Waals surface area (Å²) in [6.45, 7) is 11.7. The molecule has 8 heteroatoms. The second-order valence-electron chi connectivity index (χ2n) is 8.36. The van der Waals surface area contributed by atoms with Gasteiger partial charge in [0.15, 0.2) is 11.7 Å². The third-order valence-corrected chi connectivity index (χ3v) is 6.15. The highest BCUT2D eigenvalue weighted by Crippen LogP contribution is 2.36. The molecule has 6 nitrogen and oxygen atoms in total. The molecule has 0 unspecified atom stereocenters. The average molecular weight is 443 g/mol. The van der Waals surface area contributed by atoms with Crippen LogP contribution in [0, 0.1) is 20.8 Å². The van der Waals surface area contributed by atoms with Crippen molar-refractivity contribution in [1.29, 1.82) is 0 Å². The van der Waals surface area contributed by atoms with Crippen molar-refractivity contribution in [2.75, 3.05) is 4.90 Å². The Bertz CT molecular complexity index is 1050. The second kappa shape index (κ2) is 8.65. The molecule has 0 saturated carbocycles. The zero-order valence-electron chi connectivity index (χ0n) is 18.0.